The van der Waals surface area contributed by atoms with Gasteiger partial charge >= 0.3 is 0 Å². The normalized spacial score (nSPS) is 24.1. The number of rotatable bonds is 3. The van der Waals surface area contributed by atoms with Crippen molar-refractivity contribution in [3.8, 4) is 0 Å². The first-order valence-electron chi connectivity index (χ1n) is 6.31. The van der Waals surface area contributed by atoms with E-state index in [1.54, 1.807) is 6.07 Å². The van der Waals surface area contributed by atoms with Crippen molar-refractivity contribution in [3.63, 3.8) is 0 Å². The predicted octanol–water partition coefficient (Wildman–Crippen LogP) is 2.32. The van der Waals surface area contributed by atoms with Gasteiger partial charge in [0.1, 0.15) is 5.82 Å². The smallest absolute Gasteiger partial charge is 0.154 e. The Hall–Kier alpha value is -0.650. The zero-order valence-corrected chi connectivity index (χ0v) is 12.1. The molecule has 1 saturated heterocycles. The van der Waals surface area contributed by atoms with E-state index in [1.807, 2.05) is 0 Å². The average molecular weight is 306 g/mol. The van der Waals surface area contributed by atoms with Crippen LogP contribution in [0.5, 0.6) is 0 Å². The molecule has 0 bridgehead atoms. The van der Waals surface area contributed by atoms with E-state index in [0.29, 0.717) is 19.3 Å². The van der Waals surface area contributed by atoms with Crippen molar-refractivity contribution in [2.45, 2.75) is 37.0 Å². The number of hydrogen-bond donors (Lipinski definition) is 1. The van der Waals surface area contributed by atoms with Gasteiger partial charge in [-0.15, -0.1) is 0 Å². The van der Waals surface area contributed by atoms with Gasteiger partial charge in [-0.05, 0) is 37.0 Å². The van der Waals surface area contributed by atoms with Gasteiger partial charge in [0, 0.05) is 6.04 Å². The summed E-state index contributed by atoms with van der Waals surface area (Å²) in [4.78, 5) is 0. The molecule has 0 aliphatic carbocycles. The fraction of sp³-hybridized carbons (Fsp3) is 0.538. The quantitative estimate of drug-likeness (QED) is 0.932. The average Bonchev–Trinajstić information content (AvgIpc) is 2.33. The summed E-state index contributed by atoms with van der Waals surface area (Å²) in [5.74, 6) is -0.264. The Kier molecular flexibility index (Phi) is 4.48. The highest BCUT2D eigenvalue weighted by Crippen LogP contribution is 2.24. The van der Waals surface area contributed by atoms with Gasteiger partial charge in [-0.1, -0.05) is 24.1 Å². The lowest BCUT2D eigenvalue weighted by molar-refractivity contribution is 0.495. The van der Waals surface area contributed by atoms with Gasteiger partial charge in [0.25, 0.3) is 0 Å². The van der Waals surface area contributed by atoms with Gasteiger partial charge in [-0.2, -0.15) is 0 Å². The lowest BCUT2D eigenvalue weighted by Gasteiger charge is -2.27. The summed E-state index contributed by atoms with van der Waals surface area (Å²) in [5.41, 5.74) is 6.79. The zero-order valence-electron chi connectivity index (χ0n) is 10.5. The molecule has 0 aromatic heterocycles. The molecule has 0 amide bonds. The Labute approximate surface area is 117 Å². The molecule has 106 valence electrons. The van der Waals surface area contributed by atoms with E-state index in [-0.39, 0.29) is 10.8 Å². The molecule has 2 rings (SSSR count). The summed E-state index contributed by atoms with van der Waals surface area (Å²) in [6.45, 7) is 0. The molecule has 3 nitrogen and oxygen atoms in total. The van der Waals surface area contributed by atoms with Crippen LogP contribution in [0, 0.1) is 5.82 Å². The minimum Gasteiger partial charge on any atom is -0.326 e. The fourth-order valence-corrected chi connectivity index (χ4v) is 4.80. The molecule has 1 aromatic carbocycles. The van der Waals surface area contributed by atoms with Crippen molar-refractivity contribution < 1.29 is 12.8 Å². The molecule has 2 unspecified atom stereocenters. The number of hydrogen-bond acceptors (Lipinski definition) is 3. The number of halogens is 2. The minimum atomic E-state index is -3.09. The molecule has 2 N–H and O–H groups in total. The van der Waals surface area contributed by atoms with Crippen LogP contribution in [0.25, 0.3) is 0 Å². The second-order valence-electron chi connectivity index (χ2n) is 5.02. The van der Waals surface area contributed by atoms with Gasteiger partial charge in [0.15, 0.2) is 9.84 Å². The maximum Gasteiger partial charge on any atom is 0.154 e. The summed E-state index contributed by atoms with van der Waals surface area (Å²) >= 11 is 5.71. The Bertz CT molecular complexity index is 562. The third-order valence-electron chi connectivity index (χ3n) is 3.56. The molecular weight excluding hydrogens is 289 g/mol. The lowest BCUT2D eigenvalue weighted by Crippen LogP contribution is -2.44. The van der Waals surface area contributed by atoms with E-state index in [0.717, 1.165) is 12.0 Å². The molecule has 1 aliphatic heterocycles. The molecule has 1 aromatic rings. The van der Waals surface area contributed by atoms with Gasteiger partial charge < -0.3 is 5.73 Å². The number of nitrogens with two attached hydrogens (primary N) is 1. The molecule has 1 aliphatic rings. The van der Waals surface area contributed by atoms with Gasteiger partial charge in [-0.25, -0.2) is 12.8 Å². The van der Waals surface area contributed by atoms with Gasteiger partial charge in [0.05, 0.1) is 16.0 Å². The van der Waals surface area contributed by atoms with Crippen molar-refractivity contribution in [3.05, 3.63) is 34.6 Å². The van der Waals surface area contributed by atoms with E-state index in [1.165, 1.54) is 12.1 Å². The molecule has 2 atom stereocenters. The van der Waals surface area contributed by atoms with Crippen molar-refractivity contribution in [1.29, 1.82) is 0 Å². The van der Waals surface area contributed by atoms with Crippen LogP contribution in [0.15, 0.2) is 18.2 Å². The predicted molar refractivity (Wildman–Crippen MR) is 74.5 cm³/mol. The first kappa shape index (κ1) is 14.8. The molecule has 0 saturated carbocycles. The SMILES string of the molecule is NC(Cc1ccc(F)c(Cl)c1)C1CCCCS1(=O)=O. The van der Waals surface area contributed by atoms with E-state index in [4.69, 9.17) is 17.3 Å². The van der Waals surface area contributed by atoms with Crippen LogP contribution >= 0.6 is 11.6 Å². The summed E-state index contributed by atoms with van der Waals surface area (Å²) in [7, 11) is -3.09. The Morgan fingerprint density at radius 2 is 2.16 bits per heavy atom. The zero-order chi connectivity index (χ0) is 14.0. The fourth-order valence-electron chi connectivity index (χ4n) is 2.53. The first-order valence-corrected chi connectivity index (χ1v) is 8.40. The summed E-state index contributed by atoms with van der Waals surface area (Å²) in [6.07, 6.45) is 2.61. The van der Waals surface area contributed by atoms with Crippen LogP contribution in [0.4, 0.5) is 4.39 Å². The van der Waals surface area contributed by atoms with E-state index in [9.17, 15) is 12.8 Å². The standard InChI is InChI=1S/C13H17ClFNO2S/c14-10-7-9(4-5-11(10)15)8-12(16)13-3-1-2-6-19(13,17)18/h4-5,7,12-13H,1-3,6,8,16H2. The molecule has 0 radical (unpaired) electrons. The summed E-state index contributed by atoms with van der Waals surface area (Å²) < 4.78 is 37.0. The largest absolute Gasteiger partial charge is 0.326 e. The third kappa shape index (κ3) is 3.46. The Morgan fingerprint density at radius 3 is 2.79 bits per heavy atom. The molecule has 6 heteroatoms. The Balaban J connectivity index is 2.11. The van der Waals surface area contributed by atoms with E-state index >= 15 is 0 Å². The third-order valence-corrected chi connectivity index (χ3v) is 6.22. The van der Waals surface area contributed by atoms with Crippen LogP contribution in [0.3, 0.4) is 0 Å². The highest BCUT2D eigenvalue weighted by molar-refractivity contribution is 7.92. The molecule has 1 heterocycles. The van der Waals surface area contributed by atoms with Crippen LogP contribution < -0.4 is 5.73 Å². The van der Waals surface area contributed by atoms with Gasteiger partial charge in [0.2, 0.25) is 0 Å². The van der Waals surface area contributed by atoms with Crippen LogP contribution in [-0.2, 0) is 16.3 Å². The van der Waals surface area contributed by atoms with Crippen LogP contribution in [-0.4, -0.2) is 25.5 Å². The minimum absolute atomic E-state index is 0.0381. The van der Waals surface area contributed by atoms with Gasteiger partial charge in [-0.3, -0.25) is 0 Å². The molecule has 1 fully saturated rings. The van der Waals surface area contributed by atoms with E-state index in [2.05, 4.69) is 0 Å². The summed E-state index contributed by atoms with van der Waals surface area (Å²) in [6, 6.07) is 3.91. The number of benzene rings is 1. The maximum absolute atomic E-state index is 13.1. The topological polar surface area (TPSA) is 60.2 Å². The monoisotopic (exact) mass is 305 g/mol. The van der Waals surface area contributed by atoms with Crippen LogP contribution in [0.1, 0.15) is 24.8 Å². The second-order valence-corrected chi connectivity index (χ2v) is 7.76. The first-order chi connectivity index (χ1) is 8.90. The lowest BCUT2D eigenvalue weighted by atomic mass is 10.0. The second kappa shape index (κ2) is 5.77. The Morgan fingerprint density at radius 1 is 1.42 bits per heavy atom. The number of sulfone groups is 1. The van der Waals surface area contributed by atoms with Crippen molar-refractivity contribution in [1.82, 2.24) is 0 Å². The molecule has 0 spiro atoms. The maximum atomic E-state index is 13.1. The summed E-state index contributed by atoms with van der Waals surface area (Å²) in [5, 5.41) is -0.457. The highest BCUT2D eigenvalue weighted by atomic mass is 35.5. The van der Waals surface area contributed by atoms with Crippen molar-refractivity contribution in [2.75, 3.05) is 5.75 Å². The van der Waals surface area contributed by atoms with Crippen molar-refractivity contribution >= 4 is 21.4 Å². The van der Waals surface area contributed by atoms with Crippen LogP contribution in [0.2, 0.25) is 5.02 Å². The highest BCUT2D eigenvalue weighted by Gasteiger charge is 2.33. The van der Waals surface area contributed by atoms with Crippen molar-refractivity contribution in [2.24, 2.45) is 5.73 Å². The molecular formula is C13H17ClFNO2S. The van der Waals surface area contributed by atoms with E-state index < -0.39 is 26.9 Å². The molecule has 19 heavy (non-hydrogen) atoms.